The first kappa shape index (κ1) is 28.2. The lowest BCUT2D eigenvalue weighted by Gasteiger charge is -2.25. The molecule has 0 fully saturated rings. The average Bonchev–Trinajstić information content (AvgIpc) is 3.34. The molecule has 0 unspecified atom stereocenters. The summed E-state index contributed by atoms with van der Waals surface area (Å²) in [6.45, 7) is 4.49. The molecule has 0 aliphatic carbocycles. The Balaban J connectivity index is 1.61. The molecule has 0 aliphatic heterocycles. The summed E-state index contributed by atoms with van der Waals surface area (Å²) in [5.74, 6) is 0.556. The van der Waals surface area contributed by atoms with Gasteiger partial charge in [-0.05, 0) is 41.8 Å². The normalized spacial score (nSPS) is 11.2. The largest absolute Gasteiger partial charge is 0.497 e. The van der Waals surface area contributed by atoms with E-state index in [1.165, 1.54) is 12.1 Å². The van der Waals surface area contributed by atoms with Gasteiger partial charge in [0.1, 0.15) is 23.2 Å². The molecule has 210 valence electrons. The zero-order chi connectivity index (χ0) is 28.6. The number of benzene rings is 4. The van der Waals surface area contributed by atoms with E-state index in [0.29, 0.717) is 25.2 Å². The minimum absolute atomic E-state index is 0.370. The summed E-state index contributed by atoms with van der Waals surface area (Å²) in [5, 5.41) is 0. The van der Waals surface area contributed by atoms with Crippen LogP contribution in [0.5, 0.6) is 5.75 Å². The number of rotatable bonds is 12. The Bertz CT molecular complexity index is 1530. The molecule has 0 aliphatic rings. The SMILES string of the molecule is CCCCn1c(-c2ccccc2)nc(-c2ccccc2)c1CN(Cc1ccc(OC)cc1)Cc1cc(F)cc(F)c1. The second-order valence-electron chi connectivity index (χ2n) is 10.2. The van der Waals surface area contributed by atoms with Crippen molar-refractivity contribution >= 4 is 0 Å². The summed E-state index contributed by atoms with van der Waals surface area (Å²) in [5.41, 5.74) is 5.75. The molecule has 0 spiro atoms. The lowest BCUT2D eigenvalue weighted by Crippen LogP contribution is -2.25. The first-order valence-electron chi connectivity index (χ1n) is 14.0. The van der Waals surface area contributed by atoms with Crippen molar-refractivity contribution in [2.24, 2.45) is 0 Å². The van der Waals surface area contributed by atoms with Gasteiger partial charge in [-0.15, -0.1) is 0 Å². The third-order valence-corrected chi connectivity index (χ3v) is 7.15. The highest BCUT2D eigenvalue weighted by Gasteiger charge is 2.22. The number of unbranched alkanes of at least 4 members (excludes halogenated alkanes) is 1. The van der Waals surface area contributed by atoms with E-state index in [0.717, 1.165) is 65.1 Å². The van der Waals surface area contributed by atoms with E-state index in [2.05, 4.69) is 40.7 Å². The van der Waals surface area contributed by atoms with Gasteiger partial charge in [0.2, 0.25) is 0 Å². The van der Waals surface area contributed by atoms with E-state index >= 15 is 0 Å². The highest BCUT2D eigenvalue weighted by molar-refractivity contribution is 5.68. The third kappa shape index (κ3) is 7.08. The Morgan fingerprint density at radius 2 is 1.34 bits per heavy atom. The summed E-state index contributed by atoms with van der Waals surface area (Å²) in [6.07, 6.45) is 2.05. The van der Waals surface area contributed by atoms with Gasteiger partial charge >= 0.3 is 0 Å². The van der Waals surface area contributed by atoms with Gasteiger partial charge in [0.15, 0.2) is 0 Å². The van der Waals surface area contributed by atoms with Crippen molar-refractivity contribution in [3.05, 3.63) is 132 Å². The molecular weight excluding hydrogens is 516 g/mol. The predicted octanol–water partition coefficient (Wildman–Crippen LogP) is 8.51. The molecule has 0 atom stereocenters. The van der Waals surface area contributed by atoms with Crippen molar-refractivity contribution in [1.82, 2.24) is 14.5 Å². The van der Waals surface area contributed by atoms with E-state index in [1.807, 2.05) is 60.7 Å². The number of hydrogen-bond acceptors (Lipinski definition) is 3. The van der Waals surface area contributed by atoms with Crippen LogP contribution < -0.4 is 4.74 Å². The molecule has 5 aromatic rings. The maximum atomic E-state index is 14.2. The number of methoxy groups -OCH3 is 1. The van der Waals surface area contributed by atoms with Crippen LogP contribution in [0.2, 0.25) is 0 Å². The van der Waals surface area contributed by atoms with Crippen LogP contribution in [-0.4, -0.2) is 21.6 Å². The van der Waals surface area contributed by atoms with Crippen molar-refractivity contribution in [3.63, 3.8) is 0 Å². The Morgan fingerprint density at radius 3 is 1.95 bits per heavy atom. The van der Waals surface area contributed by atoms with Crippen molar-refractivity contribution in [3.8, 4) is 28.4 Å². The van der Waals surface area contributed by atoms with Crippen molar-refractivity contribution in [2.75, 3.05) is 7.11 Å². The third-order valence-electron chi connectivity index (χ3n) is 7.15. The highest BCUT2D eigenvalue weighted by atomic mass is 19.1. The Hall–Kier alpha value is -4.29. The molecular formula is C35H35F2N3O. The average molecular weight is 552 g/mol. The molecule has 41 heavy (non-hydrogen) atoms. The van der Waals surface area contributed by atoms with Gasteiger partial charge in [-0.3, -0.25) is 4.90 Å². The lowest BCUT2D eigenvalue weighted by molar-refractivity contribution is 0.240. The zero-order valence-electron chi connectivity index (χ0n) is 23.6. The van der Waals surface area contributed by atoms with Gasteiger partial charge in [-0.2, -0.15) is 0 Å². The topological polar surface area (TPSA) is 30.3 Å². The number of nitrogens with zero attached hydrogens (tertiary/aromatic N) is 3. The van der Waals surface area contributed by atoms with Crippen LogP contribution in [-0.2, 0) is 26.2 Å². The summed E-state index contributed by atoms with van der Waals surface area (Å²) in [7, 11) is 1.65. The Morgan fingerprint density at radius 1 is 0.732 bits per heavy atom. The van der Waals surface area contributed by atoms with Crippen LogP contribution in [0.3, 0.4) is 0 Å². The second kappa shape index (κ2) is 13.4. The molecule has 4 aromatic carbocycles. The van der Waals surface area contributed by atoms with Crippen molar-refractivity contribution in [1.29, 1.82) is 0 Å². The van der Waals surface area contributed by atoms with Gasteiger partial charge in [-0.1, -0.05) is 86.1 Å². The fourth-order valence-electron chi connectivity index (χ4n) is 5.17. The lowest BCUT2D eigenvalue weighted by atomic mass is 10.1. The number of imidazole rings is 1. The van der Waals surface area contributed by atoms with Crippen LogP contribution >= 0.6 is 0 Å². The van der Waals surface area contributed by atoms with Gasteiger partial charge in [-0.25, -0.2) is 13.8 Å². The maximum Gasteiger partial charge on any atom is 0.140 e. The molecule has 0 bridgehead atoms. The molecule has 0 radical (unpaired) electrons. The minimum Gasteiger partial charge on any atom is -0.497 e. The van der Waals surface area contributed by atoms with Crippen LogP contribution in [0.1, 0.15) is 36.6 Å². The van der Waals surface area contributed by atoms with Gasteiger partial charge in [0.25, 0.3) is 0 Å². The van der Waals surface area contributed by atoms with Crippen molar-refractivity contribution < 1.29 is 13.5 Å². The van der Waals surface area contributed by atoms with Crippen LogP contribution in [0.15, 0.2) is 103 Å². The van der Waals surface area contributed by atoms with E-state index in [-0.39, 0.29) is 0 Å². The molecule has 5 rings (SSSR count). The first-order valence-corrected chi connectivity index (χ1v) is 14.0. The number of aromatic nitrogens is 2. The minimum atomic E-state index is -0.575. The van der Waals surface area contributed by atoms with Gasteiger partial charge in [0.05, 0.1) is 18.5 Å². The summed E-state index contributed by atoms with van der Waals surface area (Å²) < 4.78 is 36.1. The second-order valence-corrected chi connectivity index (χ2v) is 10.2. The predicted molar refractivity (Wildman–Crippen MR) is 160 cm³/mol. The number of ether oxygens (including phenoxy) is 1. The summed E-state index contributed by atoms with van der Waals surface area (Å²) in [4.78, 5) is 7.44. The monoisotopic (exact) mass is 551 g/mol. The molecule has 0 saturated heterocycles. The van der Waals surface area contributed by atoms with E-state index in [1.54, 1.807) is 7.11 Å². The standard InChI is InChI=1S/C35H35F2N3O/c1-3-4-19-40-33(34(28-11-7-5-8-12-28)38-35(40)29-13-9-6-10-14-29)25-39(23-26-15-17-32(41-2)18-16-26)24-27-20-30(36)22-31(37)21-27/h5-18,20-22H,3-4,19,23-25H2,1-2H3. The molecule has 0 N–H and O–H groups in total. The van der Waals surface area contributed by atoms with E-state index < -0.39 is 11.6 Å². The molecule has 1 heterocycles. The van der Waals surface area contributed by atoms with Gasteiger partial charge < -0.3 is 9.30 Å². The molecule has 0 amide bonds. The fraction of sp³-hybridized carbons (Fsp3) is 0.229. The summed E-state index contributed by atoms with van der Waals surface area (Å²) in [6, 6.07) is 32.1. The fourth-order valence-corrected chi connectivity index (χ4v) is 5.17. The van der Waals surface area contributed by atoms with Crippen molar-refractivity contribution in [2.45, 2.75) is 45.9 Å². The first-order chi connectivity index (χ1) is 20.0. The molecule has 1 aromatic heterocycles. The quantitative estimate of drug-likeness (QED) is 0.156. The Labute approximate surface area is 240 Å². The smallest absolute Gasteiger partial charge is 0.140 e. The zero-order valence-corrected chi connectivity index (χ0v) is 23.6. The van der Waals surface area contributed by atoms with Crippen LogP contribution in [0.25, 0.3) is 22.6 Å². The van der Waals surface area contributed by atoms with Gasteiger partial charge in [0, 0.05) is 43.4 Å². The molecule has 4 nitrogen and oxygen atoms in total. The van der Waals surface area contributed by atoms with Crippen LogP contribution in [0, 0.1) is 11.6 Å². The van der Waals surface area contributed by atoms with E-state index in [4.69, 9.17) is 9.72 Å². The molecule has 6 heteroatoms. The number of halogens is 2. The maximum absolute atomic E-state index is 14.2. The van der Waals surface area contributed by atoms with Crippen LogP contribution in [0.4, 0.5) is 8.78 Å². The summed E-state index contributed by atoms with van der Waals surface area (Å²) >= 11 is 0. The molecule has 0 saturated carbocycles. The Kier molecular flexibility index (Phi) is 9.22. The van der Waals surface area contributed by atoms with E-state index in [9.17, 15) is 8.78 Å². The number of hydrogen-bond donors (Lipinski definition) is 0. The highest BCUT2D eigenvalue weighted by Crippen LogP contribution is 2.32.